The van der Waals surface area contributed by atoms with Crippen LogP contribution in [-0.4, -0.2) is 18.8 Å². The van der Waals surface area contributed by atoms with Crippen LogP contribution >= 0.6 is 0 Å². The third-order valence-electron chi connectivity index (χ3n) is 4.01. The van der Waals surface area contributed by atoms with Crippen LogP contribution < -0.4 is 10.5 Å². The van der Waals surface area contributed by atoms with Gasteiger partial charge in [0.1, 0.15) is 5.75 Å². The normalized spacial score (nSPS) is 24.5. The van der Waals surface area contributed by atoms with Gasteiger partial charge in [0.2, 0.25) is 0 Å². The summed E-state index contributed by atoms with van der Waals surface area (Å²) < 4.78 is 5.24. The molecule has 2 unspecified atom stereocenters. The largest absolute Gasteiger partial charge is 0.497 e. The first kappa shape index (κ1) is 12.4. The van der Waals surface area contributed by atoms with Gasteiger partial charge in [-0.1, -0.05) is 13.0 Å². The maximum atomic E-state index is 10.9. The van der Waals surface area contributed by atoms with E-state index in [0.717, 1.165) is 30.6 Å². The van der Waals surface area contributed by atoms with Gasteiger partial charge in [-0.15, -0.1) is 0 Å². The van der Waals surface area contributed by atoms with Gasteiger partial charge in [0.05, 0.1) is 12.7 Å². The van der Waals surface area contributed by atoms with E-state index in [1.54, 1.807) is 7.11 Å². The fourth-order valence-electron chi connectivity index (χ4n) is 2.89. The Morgan fingerprint density at radius 1 is 1.53 bits per heavy atom. The number of ether oxygens (including phenoxy) is 1. The Balaban J connectivity index is 2.43. The molecule has 0 aliphatic heterocycles. The molecular weight excluding hydrogens is 214 g/mol. The van der Waals surface area contributed by atoms with Crippen LogP contribution in [0.3, 0.4) is 0 Å². The molecule has 0 saturated heterocycles. The fourth-order valence-corrected chi connectivity index (χ4v) is 2.89. The lowest BCUT2D eigenvalue weighted by Gasteiger charge is -2.32. The fraction of sp³-hybridized carbons (Fsp3) is 0.571. The highest BCUT2D eigenvalue weighted by atomic mass is 16.5. The van der Waals surface area contributed by atoms with Crippen LogP contribution in [0.2, 0.25) is 0 Å². The Hall–Kier alpha value is -1.06. The van der Waals surface area contributed by atoms with Gasteiger partial charge in [0.15, 0.2) is 0 Å². The second-order valence-corrected chi connectivity index (χ2v) is 4.79. The van der Waals surface area contributed by atoms with Crippen molar-refractivity contribution in [2.24, 2.45) is 11.7 Å². The molecule has 2 rings (SSSR count). The van der Waals surface area contributed by atoms with Crippen LogP contribution in [-0.2, 0) is 12.0 Å². The smallest absolute Gasteiger partial charge is 0.119 e. The highest BCUT2D eigenvalue weighted by Crippen LogP contribution is 2.44. The van der Waals surface area contributed by atoms with Gasteiger partial charge in [-0.25, -0.2) is 0 Å². The molecule has 0 saturated carbocycles. The first-order valence-electron chi connectivity index (χ1n) is 6.25. The van der Waals surface area contributed by atoms with Gasteiger partial charge in [0.25, 0.3) is 0 Å². The van der Waals surface area contributed by atoms with Crippen LogP contribution in [0.25, 0.3) is 0 Å². The molecule has 0 amide bonds. The summed E-state index contributed by atoms with van der Waals surface area (Å²) in [5.41, 5.74) is 7.25. The first-order chi connectivity index (χ1) is 8.15. The van der Waals surface area contributed by atoms with E-state index in [9.17, 15) is 5.11 Å². The van der Waals surface area contributed by atoms with Gasteiger partial charge in [0, 0.05) is 5.92 Å². The number of aryl methyl sites for hydroxylation is 1. The predicted octanol–water partition coefficient (Wildman–Crippen LogP) is 1.81. The SMILES string of the molecule is CCC(CN)C1(O)CCc2ccc(OC)cc21. The molecule has 2 atom stereocenters. The Bertz CT molecular complexity index is 401. The van der Waals surface area contributed by atoms with E-state index in [2.05, 4.69) is 13.0 Å². The second-order valence-electron chi connectivity index (χ2n) is 4.79. The van der Waals surface area contributed by atoms with Gasteiger partial charge in [-0.3, -0.25) is 0 Å². The van der Waals surface area contributed by atoms with Crippen molar-refractivity contribution in [2.45, 2.75) is 31.8 Å². The zero-order valence-corrected chi connectivity index (χ0v) is 10.6. The molecular formula is C14H21NO2. The summed E-state index contributed by atoms with van der Waals surface area (Å²) in [6.45, 7) is 2.59. The molecule has 1 aromatic carbocycles. The minimum Gasteiger partial charge on any atom is -0.497 e. The molecule has 0 radical (unpaired) electrons. The summed E-state index contributed by atoms with van der Waals surface area (Å²) in [7, 11) is 1.65. The van der Waals surface area contributed by atoms with Gasteiger partial charge >= 0.3 is 0 Å². The van der Waals surface area contributed by atoms with E-state index in [1.165, 1.54) is 5.56 Å². The minimum absolute atomic E-state index is 0.121. The van der Waals surface area contributed by atoms with E-state index in [0.29, 0.717) is 6.54 Å². The van der Waals surface area contributed by atoms with Crippen molar-refractivity contribution in [3.8, 4) is 5.75 Å². The molecule has 0 fully saturated rings. The average Bonchev–Trinajstić information content (AvgIpc) is 2.69. The zero-order valence-electron chi connectivity index (χ0n) is 10.6. The van der Waals surface area contributed by atoms with Gasteiger partial charge < -0.3 is 15.6 Å². The second kappa shape index (κ2) is 4.67. The quantitative estimate of drug-likeness (QED) is 0.837. The van der Waals surface area contributed by atoms with Crippen molar-refractivity contribution in [2.75, 3.05) is 13.7 Å². The van der Waals surface area contributed by atoms with Crippen LogP contribution in [0.5, 0.6) is 5.75 Å². The standard InChI is InChI=1S/C14H21NO2/c1-3-11(9-15)14(16)7-6-10-4-5-12(17-2)8-13(10)14/h4-5,8,11,16H,3,6-7,9,15H2,1-2H3. The summed E-state index contributed by atoms with van der Waals surface area (Å²) >= 11 is 0. The molecule has 1 aliphatic rings. The van der Waals surface area contributed by atoms with Crippen LogP contribution in [0.1, 0.15) is 30.9 Å². The lowest BCUT2D eigenvalue weighted by molar-refractivity contribution is -0.0207. The van der Waals surface area contributed by atoms with Crippen molar-refractivity contribution in [3.05, 3.63) is 29.3 Å². The summed E-state index contributed by atoms with van der Waals surface area (Å²) in [5, 5.41) is 10.9. The van der Waals surface area contributed by atoms with Crippen molar-refractivity contribution < 1.29 is 9.84 Å². The third-order valence-corrected chi connectivity index (χ3v) is 4.01. The zero-order chi connectivity index (χ0) is 12.5. The van der Waals surface area contributed by atoms with Gasteiger partial charge in [-0.2, -0.15) is 0 Å². The Kier molecular flexibility index (Phi) is 3.40. The Labute approximate surface area is 103 Å². The number of methoxy groups -OCH3 is 1. The first-order valence-corrected chi connectivity index (χ1v) is 6.25. The molecule has 3 N–H and O–H groups in total. The summed E-state index contributed by atoms with van der Waals surface area (Å²) in [6.07, 6.45) is 2.58. The Morgan fingerprint density at radius 3 is 2.88 bits per heavy atom. The minimum atomic E-state index is -0.770. The maximum Gasteiger partial charge on any atom is 0.119 e. The number of aliphatic hydroxyl groups is 1. The monoisotopic (exact) mass is 235 g/mol. The predicted molar refractivity (Wildman–Crippen MR) is 68.0 cm³/mol. The average molecular weight is 235 g/mol. The molecule has 3 nitrogen and oxygen atoms in total. The number of hydrogen-bond acceptors (Lipinski definition) is 3. The highest BCUT2D eigenvalue weighted by Gasteiger charge is 2.42. The van der Waals surface area contributed by atoms with Crippen molar-refractivity contribution in [3.63, 3.8) is 0 Å². The topological polar surface area (TPSA) is 55.5 Å². The van der Waals surface area contributed by atoms with Crippen LogP contribution in [0.15, 0.2) is 18.2 Å². The number of nitrogens with two attached hydrogens (primary N) is 1. The summed E-state index contributed by atoms with van der Waals surface area (Å²) in [6, 6.07) is 5.96. The highest BCUT2D eigenvalue weighted by molar-refractivity contribution is 5.43. The molecule has 0 aromatic heterocycles. The molecule has 3 heteroatoms. The Morgan fingerprint density at radius 2 is 2.29 bits per heavy atom. The molecule has 94 valence electrons. The van der Waals surface area contributed by atoms with E-state index in [4.69, 9.17) is 10.5 Å². The number of fused-ring (bicyclic) bond motifs is 1. The van der Waals surface area contributed by atoms with E-state index in [1.807, 2.05) is 12.1 Å². The van der Waals surface area contributed by atoms with Crippen molar-refractivity contribution in [1.29, 1.82) is 0 Å². The van der Waals surface area contributed by atoms with Crippen LogP contribution in [0, 0.1) is 5.92 Å². The van der Waals surface area contributed by atoms with Crippen LogP contribution in [0.4, 0.5) is 0 Å². The molecule has 1 aromatic rings. The molecule has 17 heavy (non-hydrogen) atoms. The maximum absolute atomic E-state index is 10.9. The number of hydrogen-bond donors (Lipinski definition) is 2. The third kappa shape index (κ3) is 1.94. The summed E-state index contributed by atoms with van der Waals surface area (Å²) in [5.74, 6) is 0.923. The lowest BCUT2D eigenvalue weighted by Crippen LogP contribution is -2.37. The molecule has 0 spiro atoms. The van der Waals surface area contributed by atoms with Crippen molar-refractivity contribution in [1.82, 2.24) is 0 Å². The number of rotatable bonds is 4. The van der Waals surface area contributed by atoms with E-state index in [-0.39, 0.29) is 5.92 Å². The molecule has 0 bridgehead atoms. The van der Waals surface area contributed by atoms with Crippen molar-refractivity contribution >= 4 is 0 Å². The summed E-state index contributed by atoms with van der Waals surface area (Å²) in [4.78, 5) is 0. The van der Waals surface area contributed by atoms with E-state index >= 15 is 0 Å². The lowest BCUT2D eigenvalue weighted by atomic mass is 9.81. The van der Waals surface area contributed by atoms with E-state index < -0.39 is 5.60 Å². The number of benzene rings is 1. The molecule has 1 aliphatic carbocycles. The van der Waals surface area contributed by atoms with Gasteiger partial charge in [-0.05, 0) is 49.1 Å². The molecule has 0 heterocycles.